The topological polar surface area (TPSA) is 80.4 Å². The molecule has 8 heteroatoms. The maximum absolute atomic E-state index is 12.8. The molecule has 0 atom stereocenters. The minimum Gasteiger partial charge on any atom is -0.351 e. The summed E-state index contributed by atoms with van der Waals surface area (Å²) in [6.45, 7) is 12.1. The van der Waals surface area contributed by atoms with Gasteiger partial charge in [-0.2, -0.15) is 5.10 Å². The van der Waals surface area contributed by atoms with Gasteiger partial charge in [0.1, 0.15) is 5.69 Å². The molecular weight excluding hydrogens is 354 g/mol. The van der Waals surface area contributed by atoms with Crippen LogP contribution >= 0.6 is 0 Å². The number of nitrogens with zero attached hydrogens (tertiary/aromatic N) is 6. The molecule has 0 radical (unpaired) electrons. The maximum atomic E-state index is 12.8. The molecule has 0 fully saturated rings. The van der Waals surface area contributed by atoms with Gasteiger partial charge in [0.15, 0.2) is 11.5 Å². The smallest absolute Gasteiger partial charge is 0.272 e. The highest BCUT2D eigenvalue weighted by molar-refractivity contribution is 5.99. The van der Waals surface area contributed by atoms with Gasteiger partial charge in [0.25, 0.3) is 5.91 Å². The predicted octanol–water partition coefficient (Wildman–Crippen LogP) is 2.64. The Labute approximate surface area is 165 Å². The van der Waals surface area contributed by atoms with Crippen LogP contribution in [-0.4, -0.2) is 61.1 Å². The number of carbonyl (C=O) groups is 1. The summed E-state index contributed by atoms with van der Waals surface area (Å²) in [5, 5.41) is 7.39. The first-order chi connectivity index (χ1) is 13.6. The monoisotopic (exact) mass is 383 g/mol. The summed E-state index contributed by atoms with van der Waals surface area (Å²) in [5.41, 5.74) is 1.95. The van der Waals surface area contributed by atoms with Gasteiger partial charge in [0.05, 0.1) is 11.7 Å². The van der Waals surface area contributed by atoms with E-state index in [1.165, 1.54) is 0 Å². The van der Waals surface area contributed by atoms with Crippen LogP contribution in [0.2, 0.25) is 0 Å². The highest BCUT2D eigenvalue weighted by Crippen LogP contribution is 2.24. The summed E-state index contributed by atoms with van der Waals surface area (Å²) < 4.78 is 3.80. The molecule has 3 heterocycles. The van der Waals surface area contributed by atoms with E-state index in [1.807, 2.05) is 21.3 Å². The molecule has 1 N–H and O–H groups in total. The van der Waals surface area contributed by atoms with Crippen molar-refractivity contribution in [3.63, 3.8) is 0 Å². The fraction of sp³-hybridized carbons (Fsp3) is 0.500. The van der Waals surface area contributed by atoms with Crippen molar-refractivity contribution in [3.8, 4) is 11.5 Å². The third kappa shape index (κ3) is 4.06. The van der Waals surface area contributed by atoms with Crippen molar-refractivity contribution in [3.05, 3.63) is 36.5 Å². The van der Waals surface area contributed by atoms with E-state index in [2.05, 4.69) is 53.0 Å². The number of nitrogens with one attached hydrogen (secondary N) is 1. The van der Waals surface area contributed by atoms with Crippen molar-refractivity contribution in [2.24, 2.45) is 0 Å². The summed E-state index contributed by atoms with van der Waals surface area (Å²) in [6.07, 6.45) is 7.86. The Balaban J connectivity index is 1.82. The van der Waals surface area contributed by atoms with Gasteiger partial charge in [-0.15, -0.1) is 0 Å². The summed E-state index contributed by atoms with van der Waals surface area (Å²) >= 11 is 0. The standard InChI is InChI=1S/C20H29N7O/c1-5-25(6-2)12-7-9-22-20(28)18-17-14-21-11-13-26(17)19(24-18)16-8-10-23-27(16)15(3)4/h8,10-11,13-15H,5-7,9,12H2,1-4H3,(H,22,28). The lowest BCUT2D eigenvalue weighted by molar-refractivity contribution is 0.0949. The van der Waals surface area contributed by atoms with E-state index in [1.54, 1.807) is 18.6 Å². The lowest BCUT2D eigenvalue weighted by atomic mass is 10.3. The van der Waals surface area contributed by atoms with E-state index in [0.29, 0.717) is 23.6 Å². The number of rotatable bonds is 9. The van der Waals surface area contributed by atoms with E-state index in [0.717, 1.165) is 31.7 Å². The maximum Gasteiger partial charge on any atom is 0.272 e. The molecule has 3 aromatic heterocycles. The zero-order valence-corrected chi connectivity index (χ0v) is 17.1. The van der Waals surface area contributed by atoms with Crippen molar-refractivity contribution in [1.29, 1.82) is 0 Å². The average molecular weight is 384 g/mol. The molecule has 0 bridgehead atoms. The first-order valence-corrected chi connectivity index (χ1v) is 9.93. The van der Waals surface area contributed by atoms with Gasteiger partial charge < -0.3 is 10.2 Å². The van der Waals surface area contributed by atoms with Crippen LogP contribution in [0.4, 0.5) is 0 Å². The van der Waals surface area contributed by atoms with Gasteiger partial charge in [-0.3, -0.25) is 18.9 Å². The molecule has 0 unspecified atom stereocenters. The van der Waals surface area contributed by atoms with E-state index < -0.39 is 0 Å². The Bertz CT molecular complexity index is 924. The van der Waals surface area contributed by atoms with Gasteiger partial charge in [-0.25, -0.2) is 4.98 Å². The second kappa shape index (κ2) is 8.97. The highest BCUT2D eigenvalue weighted by Gasteiger charge is 2.21. The zero-order chi connectivity index (χ0) is 20.1. The van der Waals surface area contributed by atoms with E-state index in [9.17, 15) is 4.79 Å². The normalized spacial score (nSPS) is 11.6. The van der Waals surface area contributed by atoms with Crippen LogP contribution in [0.25, 0.3) is 17.0 Å². The van der Waals surface area contributed by atoms with E-state index >= 15 is 0 Å². The van der Waals surface area contributed by atoms with Crippen molar-refractivity contribution in [2.75, 3.05) is 26.2 Å². The molecule has 3 rings (SSSR count). The van der Waals surface area contributed by atoms with Gasteiger partial charge in [-0.05, 0) is 46.0 Å². The Morgan fingerprint density at radius 1 is 1.25 bits per heavy atom. The molecule has 0 spiro atoms. The SMILES string of the molecule is CCN(CC)CCCNC(=O)c1nc(-c2ccnn2C(C)C)n2ccncc12. The molecule has 0 saturated carbocycles. The average Bonchev–Trinajstić information content (AvgIpc) is 3.32. The van der Waals surface area contributed by atoms with Crippen LogP contribution in [0.15, 0.2) is 30.9 Å². The van der Waals surface area contributed by atoms with Crippen LogP contribution in [0.3, 0.4) is 0 Å². The van der Waals surface area contributed by atoms with E-state index in [4.69, 9.17) is 0 Å². The van der Waals surface area contributed by atoms with Gasteiger partial charge in [0, 0.05) is 31.2 Å². The van der Waals surface area contributed by atoms with Crippen LogP contribution in [0.1, 0.15) is 50.6 Å². The molecule has 8 nitrogen and oxygen atoms in total. The van der Waals surface area contributed by atoms with E-state index in [-0.39, 0.29) is 11.9 Å². The Morgan fingerprint density at radius 2 is 2.04 bits per heavy atom. The van der Waals surface area contributed by atoms with Crippen LogP contribution < -0.4 is 5.32 Å². The largest absolute Gasteiger partial charge is 0.351 e. The molecule has 0 aliphatic rings. The molecule has 3 aromatic rings. The molecule has 0 aliphatic carbocycles. The summed E-state index contributed by atoms with van der Waals surface area (Å²) in [5.74, 6) is 0.517. The summed E-state index contributed by atoms with van der Waals surface area (Å²) in [6, 6.07) is 2.11. The number of aromatic nitrogens is 5. The van der Waals surface area contributed by atoms with Crippen LogP contribution in [-0.2, 0) is 0 Å². The summed E-state index contributed by atoms with van der Waals surface area (Å²) in [4.78, 5) is 24.0. The van der Waals surface area contributed by atoms with Crippen molar-refractivity contribution in [1.82, 2.24) is 34.4 Å². The number of hydrogen-bond acceptors (Lipinski definition) is 5. The first-order valence-electron chi connectivity index (χ1n) is 9.93. The highest BCUT2D eigenvalue weighted by atomic mass is 16.1. The molecular formula is C20H29N7O. The molecule has 1 amide bonds. The van der Waals surface area contributed by atoms with Crippen molar-refractivity contribution in [2.45, 2.75) is 40.2 Å². The Hall–Kier alpha value is -2.74. The number of fused-ring (bicyclic) bond motifs is 1. The lowest BCUT2D eigenvalue weighted by Crippen LogP contribution is -2.30. The minimum atomic E-state index is -0.174. The number of amides is 1. The molecule has 150 valence electrons. The predicted molar refractivity (Wildman–Crippen MR) is 109 cm³/mol. The minimum absolute atomic E-state index is 0.174. The fourth-order valence-electron chi connectivity index (χ4n) is 3.32. The zero-order valence-electron chi connectivity index (χ0n) is 17.1. The summed E-state index contributed by atoms with van der Waals surface area (Å²) in [7, 11) is 0. The molecule has 28 heavy (non-hydrogen) atoms. The lowest BCUT2D eigenvalue weighted by Gasteiger charge is -2.17. The van der Waals surface area contributed by atoms with Crippen molar-refractivity contribution >= 4 is 11.4 Å². The number of hydrogen-bond donors (Lipinski definition) is 1. The van der Waals surface area contributed by atoms with Crippen LogP contribution in [0, 0.1) is 0 Å². The van der Waals surface area contributed by atoms with Crippen molar-refractivity contribution < 1.29 is 4.79 Å². The third-order valence-corrected chi connectivity index (χ3v) is 4.88. The van der Waals surface area contributed by atoms with Gasteiger partial charge in [-0.1, -0.05) is 13.8 Å². The molecule has 0 aliphatic heterocycles. The molecule has 0 aromatic carbocycles. The fourth-order valence-corrected chi connectivity index (χ4v) is 3.32. The number of imidazole rings is 1. The van der Waals surface area contributed by atoms with Gasteiger partial charge in [0.2, 0.25) is 0 Å². The third-order valence-electron chi connectivity index (χ3n) is 4.88. The van der Waals surface area contributed by atoms with Gasteiger partial charge >= 0.3 is 0 Å². The Kier molecular flexibility index (Phi) is 6.41. The second-order valence-corrected chi connectivity index (χ2v) is 7.01. The Morgan fingerprint density at radius 3 is 2.75 bits per heavy atom. The quantitative estimate of drug-likeness (QED) is 0.575. The number of carbonyl (C=O) groups excluding carboxylic acids is 1. The first kappa shape index (κ1) is 20.0. The van der Waals surface area contributed by atoms with Crippen LogP contribution in [0.5, 0.6) is 0 Å². The molecule has 0 saturated heterocycles. The second-order valence-electron chi connectivity index (χ2n) is 7.01.